The SMILES string of the molecule is CCCS(=O)(=O)Nc1ccc(Nc2ccccc2F)nc1. The highest BCUT2D eigenvalue weighted by Crippen LogP contribution is 2.19. The molecule has 2 aromatic rings. The summed E-state index contributed by atoms with van der Waals surface area (Å²) in [5.74, 6) is 0.105. The first kappa shape index (κ1) is 15.2. The third-order valence-electron chi connectivity index (χ3n) is 2.65. The van der Waals surface area contributed by atoms with E-state index >= 15 is 0 Å². The van der Waals surface area contributed by atoms with Gasteiger partial charge in [0.25, 0.3) is 0 Å². The molecular formula is C14H16FN3O2S. The normalized spacial score (nSPS) is 11.1. The molecule has 5 nitrogen and oxygen atoms in total. The van der Waals surface area contributed by atoms with Gasteiger partial charge in [-0.1, -0.05) is 19.1 Å². The number of para-hydroxylation sites is 1. The number of anilines is 3. The van der Waals surface area contributed by atoms with Crippen LogP contribution in [-0.4, -0.2) is 19.2 Å². The summed E-state index contributed by atoms with van der Waals surface area (Å²) in [6.07, 6.45) is 1.92. The number of aromatic nitrogens is 1. The number of sulfonamides is 1. The lowest BCUT2D eigenvalue weighted by Gasteiger charge is -2.09. The van der Waals surface area contributed by atoms with Crippen LogP contribution in [0, 0.1) is 5.82 Å². The van der Waals surface area contributed by atoms with Crippen molar-refractivity contribution < 1.29 is 12.8 Å². The first-order valence-electron chi connectivity index (χ1n) is 6.48. The van der Waals surface area contributed by atoms with Crippen molar-refractivity contribution in [3.63, 3.8) is 0 Å². The Labute approximate surface area is 123 Å². The molecule has 0 spiro atoms. The van der Waals surface area contributed by atoms with Gasteiger partial charge in [-0.25, -0.2) is 17.8 Å². The van der Waals surface area contributed by atoms with E-state index in [2.05, 4.69) is 15.0 Å². The van der Waals surface area contributed by atoms with Gasteiger partial charge in [-0.2, -0.15) is 0 Å². The van der Waals surface area contributed by atoms with Crippen LogP contribution in [-0.2, 0) is 10.0 Å². The summed E-state index contributed by atoms with van der Waals surface area (Å²) in [5.41, 5.74) is 0.687. The van der Waals surface area contributed by atoms with Gasteiger partial charge < -0.3 is 5.32 Å². The summed E-state index contributed by atoms with van der Waals surface area (Å²) >= 11 is 0. The second-order valence-electron chi connectivity index (χ2n) is 4.46. The number of nitrogens with one attached hydrogen (secondary N) is 2. The number of pyridine rings is 1. The van der Waals surface area contributed by atoms with E-state index in [-0.39, 0.29) is 11.6 Å². The van der Waals surface area contributed by atoms with Crippen LogP contribution in [0.5, 0.6) is 0 Å². The van der Waals surface area contributed by atoms with Gasteiger partial charge in [0.2, 0.25) is 10.0 Å². The predicted octanol–water partition coefficient (Wildman–Crippen LogP) is 3.12. The molecular weight excluding hydrogens is 293 g/mol. The molecule has 2 rings (SSSR count). The first-order valence-corrected chi connectivity index (χ1v) is 8.13. The van der Waals surface area contributed by atoms with Gasteiger partial charge in [0.05, 0.1) is 23.3 Å². The molecule has 1 aromatic carbocycles. The van der Waals surface area contributed by atoms with Crippen molar-refractivity contribution in [3.05, 3.63) is 48.4 Å². The van der Waals surface area contributed by atoms with E-state index in [1.807, 2.05) is 0 Å². The molecule has 0 fully saturated rings. The largest absolute Gasteiger partial charge is 0.338 e. The smallest absolute Gasteiger partial charge is 0.232 e. The molecule has 112 valence electrons. The van der Waals surface area contributed by atoms with E-state index in [1.165, 1.54) is 12.3 Å². The van der Waals surface area contributed by atoms with Gasteiger partial charge in [-0.05, 0) is 30.7 Å². The molecule has 7 heteroatoms. The Morgan fingerprint density at radius 3 is 2.57 bits per heavy atom. The Morgan fingerprint density at radius 1 is 1.19 bits per heavy atom. The molecule has 0 aliphatic heterocycles. The fourth-order valence-corrected chi connectivity index (χ4v) is 2.85. The number of halogens is 1. The average molecular weight is 309 g/mol. The van der Waals surface area contributed by atoms with Crippen LogP contribution in [0.1, 0.15) is 13.3 Å². The van der Waals surface area contributed by atoms with Gasteiger partial charge >= 0.3 is 0 Å². The lowest BCUT2D eigenvalue weighted by Crippen LogP contribution is -2.16. The molecule has 0 aliphatic rings. The lowest BCUT2D eigenvalue weighted by atomic mass is 10.3. The van der Waals surface area contributed by atoms with E-state index in [4.69, 9.17) is 0 Å². The quantitative estimate of drug-likeness (QED) is 0.860. The van der Waals surface area contributed by atoms with Gasteiger partial charge in [0, 0.05) is 0 Å². The zero-order valence-electron chi connectivity index (χ0n) is 11.5. The standard InChI is InChI=1S/C14H16FN3O2S/c1-2-9-21(19,20)18-11-7-8-14(16-10-11)17-13-6-4-3-5-12(13)15/h3-8,10,18H,2,9H2,1H3,(H,16,17). The molecule has 0 radical (unpaired) electrons. The van der Waals surface area contributed by atoms with Crippen LogP contribution in [0.2, 0.25) is 0 Å². The molecule has 21 heavy (non-hydrogen) atoms. The Bertz CT molecular complexity index is 702. The van der Waals surface area contributed by atoms with Crippen molar-refractivity contribution in [1.82, 2.24) is 4.98 Å². The second-order valence-corrected chi connectivity index (χ2v) is 6.30. The predicted molar refractivity (Wildman–Crippen MR) is 81.6 cm³/mol. The molecule has 1 aromatic heterocycles. The second kappa shape index (κ2) is 6.53. The van der Waals surface area contributed by atoms with Crippen molar-refractivity contribution in [1.29, 1.82) is 0 Å². The number of hydrogen-bond acceptors (Lipinski definition) is 4. The summed E-state index contributed by atoms with van der Waals surface area (Å²) in [6.45, 7) is 1.79. The molecule has 2 N–H and O–H groups in total. The molecule has 0 saturated carbocycles. The van der Waals surface area contributed by atoms with Crippen LogP contribution in [0.25, 0.3) is 0 Å². The maximum Gasteiger partial charge on any atom is 0.232 e. The van der Waals surface area contributed by atoms with Crippen LogP contribution < -0.4 is 10.0 Å². The summed E-state index contributed by atoms with van der Waals surface area (Å²) in [4.78, 5) is 4.05. The van der Waals surface area contributed by atoms with Crippen LogP contribution in [0.15, 0.2) is 42.6 Å². The third kappa shape index (κ3) is 4.42. The Balaban J connectivity index is 2.08. The molecule has 0 saturated heterocycles. The summed E-state index contributed by atoms with van der Waals surface area (Å²) in [5, 5.41) is 2.82. The van der Waals surface area contributed by atoms with Crippen molar-refractivity contribution in [2.45, 2.75) is 13.3 Å². The Morgan fingerprint density at radius 2 is 1.95 bits per heavy atom. The van der Waals surface area contributed by atoms with E-state index in [0.717, 1.165) is 0 Å². The van der Waals surface area contributed by atoms with E-state index < -0.39 is 10.0 Å². The van der Waals surface area contributed by atoms with E-state index in [1.54, 1.807) is 37.3 Å². The number of nitrogens with zero attached hydrogens (tertiary/aromatic N) is 1. The fourth-order valence-electron chi connectivity index (χ4n) is 1.73. The summed E-state index contributed by atoms with van der Waals surface area (Å²) in [7, 11) is -3.33. The van der Waals surface area contributed by atoms with Gasteiger partial charge in [0.15, 0.2) is 0 Å². The molecule has 1 heterocycles. The maximum atomic E-state index is 13.5. The molecule has 0 atom stereocenters. The topological polar surface area (TPSA) is 71.1 Å². The van der Waals surface area contributed by atoms with Crippen molar-refractivity contribution >= 4 is 27.2 Å². The minimum atomic E-state index is -3.33. The first-order chi connectivity index (χ1) is 10.00. The highest BCUT2D eigenvalue weighted by Gasteiger charge is 2.09. The Hall–Kier alpha value is -2.15. The highest BCUT2D eigenvalue weighted by molar-refractivity contribution is 7.92. The summed E-state index contributed by atoms with van der Waals surface area (Å²) in [6, 6.07) is 9.39. The van der Waals surface area contributed by atoms with Crippen LogP contribution in [0.4, 0.5) is 21.6 Å². The minimum absolute atomic E-state index is 0.0578. The molecule has 0 aliphatic carbocycles. The number of hydrogen-bond donors (Lipinski definition) is 2. The summed E-state index contributed by atoms with van der Waals surface area (Å²) < 4.78 is 39.1. The lowest BCUT2D eigenvalue weighted by molar-refractivity contribution is 0.600. The maximum absolute atomic E-state index is 13.5. The number of rotatable bonds is 6. The molecule has 0 unspecified atom stereocenters. The third-order valence-corrected chi connectivity index (χ3v) is 4.14. The van der Waals surface area contributed by atoms with Crippen molar-refractivity contribution in [2.75, 3.05) is 15.8 Å². The molecule has 0 bridgehead atoms. The van der Waals surface area contributed by atoms with Crippen molar-refractivity contribution in [3.8, 4) is 0 Å². The van der Waals surface area contributed by atoms with Gasteiger partial charge in [-0.15, -0.1) is 0 Å². The van der Waals surface area contributed by atoms with Gasteiger partial charge in [0.1, 0.15) is 11.6 Å². The average Bonchev–Trinajstić information content (AvgIpc) is 2.43. The van der Waals surface area contributed by atoms with Crippen LogP contribution >= 0.6 is 0 Å². The minimum Gasteiger partial charge on any atom is -0.338 e. The highest BCUT2D eigenvalue weighted by atomic mass is 32.2. The van der Waals surface area contributed by atoms with Crippen LogP contribution in [0.3, 0.4) is 0 Å². The number of benzene rings is 1. The van der Waals surface area contributed by atoms with Crippen molar-refractivity contribution in [2.24, 2.45) is 0 Å². The zero-order chi connectivity index (χ0) is 15.3. The monoisotopic (exact) mass is 309 g/mol. The van der Waals surface area contributed by atoms with E-state index in [9.17, 15) is 12.8 Å². The fraction of sp³-hybridized carbons (Fsp3) is 0.214. The zero-order valence-corrected chi connectivity index (χ0v) is 12.3. The molecule has 0 amide bonds. The Kier molecular flexibility index (Phi) is 4.74. The van der Waals surface area contributed by atoms with Gasteiger partial charge in [-0.3, -0.25) is 4.72 Å². The van der Waals surface area contributed by atoms with E-state index in [0.29, 0.717) is 23.6 Å².